The van der Waals surface area contributed by atoms with E-state index in [0.29, 0.717) is 24.4 Å². The van der Waals surface area contributed by atoms with Crippen molar-refractivity contribution in [3.8, 4) is 5.75 Å². The molecule has 0 bridgehead atoms. The Kier molecular flexibility index (Phi) is 4.63. The molecule has 9 heteroatoms. The van der Waals surface area contributed by atoms with Gasteiger partial charge < -0.3 is 15.0 Å². The lowest BCUT2D eigenvalue weighted by molar-refractivity contribution is -0.289. The molecule has 1 fully saturated rings. The number of likely N-dealkylation sites (tertiary alicyclic amines) is 1. The molecule has 0 radical (unpaired) electrons. The second-order valence-corrected chi connectivity index (χ2v) is 7.42. The molecule has 3 rings (SSSR count). The van der Waals surface area contributed by atoms with Crippen LogP contribution in [-0.2, 0) is 10.7 Å². The molecule has 1 amide bonds. The smallest absolute Gasteiger partial charge is 0.458 e. The SMILES string of the molecule is CNC1=C(N2CCCC2=O)c2c(ccc(C(F)(F)C(F)(F)F)c2C)OC1(C)C. The van der Waals surface area contributed by atoms with Crippen LogP contribution in [-0.4, -0.2) is 36.2 Å². The zero-order valence-electron chi connectivity index (χ0n) is 15.9. The van der Waals surface area contributed by atoms with Crippen molar-refractivity contribution < 1.29 is 31.5 Å². The molecule has 2 heterocycles. The van der Waals surface area contributed by atoms with E-state index in [9.17, 15) is 26.7 Å². The summed E-state index contributed by atoms with van der Waals surface area (Å²) in [6.45, 7) is 5.02. The van der Waals surface area contributed by atoms with Gasteiger partial charge in [0.05, 0.1) is 11.4 Å². The molecular formula is C19H21F5N2O2. The Morgan fingerprint density at radius 2 is 1.82 bits per heavy atom. The molecule has 0 saturated carbocycles. The third-order valence-corrected chi connectivity index (χ3v) is 5.16. The summed E-state index contributed by atoms with van der Waals surface area (Å²) in [6, 6.07) is 1.86. The average Bonchev–Trinajstić information content (AvgIpc) is 2.97. The maximum absolute atomic E-state index is 14.1. The van der Waals surface area contributed by atoms with Gasteiger partial charge in [0.2, 0.25) is 5.91 Å². The van der Waals surface area contributed by atoms with E-state index in [0.717, 1.165) is 12.1 Å². The lowest BCUT2D eigenvalue weighted by atomic mass is 9.88. The summed E-state index contributed by atoms with van der Waals surface area (Å²) in [5.41, 5.74) is -1.51. The summed E-state index contributed by atoms with van der Waals surface area (Å²) < 4.78 is 73.1. The number of nitrogens with one attached hydrogen (secondary N) is 1. The summed E-state index contributed by atoms with van der Waals surface area (Å²) in [7, 11) is 1.59. The van der Waals surface area contributed by atoms with E-state index in [2.05, 4.69) is 5.32 Å². The maximum Gasteiger partial charge on any atom is 0.458 e. The van der Waals surface area contributed by atoms with E-state index >= 15 is 0 Å². The van der Waals surface area contributed by atoms with Crippen LogP contribution in [0.5, 0.6) is 5.75 Å². The third-order valence-electron chi connectivity index (χ3n) is 5.16. The number of ether oxygens (including phenoxy) is 1. The van der Waals surface area contributed by atoms with Crippen LogP contribution in [0.25, 0.3) is 5.70 Å². The summed E-state index contributed by atoms with van der Waals surface area (Å²) in [5, 5.41) is 2.95. The molecule has 0 unspecified atom stereocenters. The second-order valence-electron chi connectivity index (χ2n) is 7.42. The highest BCUT2D eigenvalue weighted by molar-refractivity contribution is 5.92. The molecule has 1 saturated heterocycles. The van der Waals surface area contributed by atoms with Crippen molar-refractivity contribution in [3.05, 3.63) is 34.5 Å². The predicted molar refractivity (Wildman–Crippen MR) is 92.8 cm³/mol. The highest BCUT2D eigenvalue weighted by Crippen LogP contribution is 2.50. The Morgan fingerprint density at radius 1 is 1.18 bits per heavy atom. The zero-order chi connectivity index (χ0) is 21.1. The summed E-state index contributed by atoms with van der Waals surface area (Å²) >= 11 is 0. The van der Waals surface area contributed by atoms with Gasteiger partial charge in [-0.15, -0.1) is 0 Å². The monoisotopic (exact) mass is 404 g/mol. The van der Waals surface area contributed by atoms with Crippen molar-refractivity contribution in [1.82, 2.24) is 10.2 Å². The average molecular weight is 404 g/mol. The number of hydrogen-bond acceptors (Lipinski definition) is 3. The molecule has 1 aromatic rings. The maximum atomic E-state index is 14.1. The van der Waals surface area contributed by atoms with Gasteiger partial charge in [-0.3, -0.25) is 4.79 Å². The molecule has 1 aromatic carbocycles. The van der Waals surface area contributed by atoms with E-state index < -0.39 is 23.3 Å². The minimum atomic E-state index is -5.74. The van der Waals surface area contributed by atoms with Gasteiger partial charge >= 0.3 is 12.1 Å². The summed E-state index contributed by atoms with van der Waals surface area (Å²) in [6.07, 6.45) is -4.87. The minimum absolute atomic E-state index is 0.0837. The number of hydrogen-bond donors (Lipinski definition) is 1. The van der Waals surface area contributed by atoms with E-state index in [1.54, 1.807) is 20.9 Å². The van der Waals surface area contributed by atoms with Crippen LogP contribution in [0, 0.1) is 6.92 Å². The first-order chi connectivity index (χ1) is 12.8. The lowest BCUT2D eigenvalue weighted by Crippen LogP contribution is -2.44. The number of likely N-dealkylation sites (N-methyl/N-ethyl adjacent to an activating group) is 1. The largest absolute Gasteiger partial charge is 0.481 e. The Balaban J connectivity index is 2.32. The fourth-order valence-electron chi connectivity index (χ4n) is 3.87. The van der Waals surface area contributed by atoms with Gasteiger partial charge in [0.1, 0.15) is 11.4 Å². The number of nitrogens with zero attached hydrogens (tertiary/aromatic N) is 1. The van der Waals surface area contributed by atoms with Gasteiger partial charge in [-0.05, 0) is 44.9 Å². The zero-order valence-corrected chi connectivity index (χ0v) is 15.9. The van der Waals surface area contributed by atoms with Gasteiger partial charge in [0, 0.05) is 31.1 Å². The Bertz CT molecular complexity index is 859. The Labute approximate surface area is 159 Å². The number of alkyl halides is 5. The number of rotatable bonds is 3. The third kappa shape index (κ3) is 2.91. The number of carbonyl (C=O) groups is 1. The molecule has 2 aliphatic heterocycles. The summed E-state index contributed by atoms with van der Waals surface area (Å²) in [5.74, 6) is -5.07. The molecule has 154 valence electrons. The molecule has 0 atom stereocenters. The van der Waals surface area contributed by atoms with Crippen molar-refractivity contribution in [1.29, 1.82) is 0 Å². The summed E-state index contributed by atoms with van der Waals surface area (Å²) in [4.78, 5) is 13.8. The molecule has 0 aliphatic carbocycles. The molecular weight excluding hydrogens is 383 g/mol. The van der Waals surface area contributed by atoms with Crippen molar-refractivity contribution in [2.24, 2.45) is 0 Å². The van der Waals surface area contributed by atoms with Gasteiger partial charge in [0.15, 0.2) is 0 Å². The van der Waals surface area contributed by atoms with Crippen LogP contribution >= 0.6 is 0 Å². The predicted octanol–water partition coefficient (Wildman–Crippen LogP) is 4.33. The fourth-order valence-corrected chi connectivity index (χ4v) is 3.87. The fraction of sp³-hybridized carbons (Fsp3) is 0.526. The van der Waals surface area contributed by atoms with Crippen LogP contribution in [0.2, 0.25) is 0 Å². The van der Waals surface area contributed by atoms with Gasteiger partial charge in [-0.1, -0.05) is 0 Å². The topological polar surface area (TPSA) is 41.6 Å². The first kappa shape index (κ1) is 20.4. The van der Waals surface area contributed by atoms with Crippen molar-refractivity contribution in [2.75, 3.05) is 13.6 Å². The van der Waals surface area contributed by atoms with Crippen molar-refractivity contribution in [2.45, 2.75) is 51.3 Å². The van der Waals surface area contributed by atoms with Crippen molar-refractivity contribution >= 4 is 11.6 Å². The molecule has 28 heavy (non-hydrogen) atoms. The number of amides is 1. The van der Waals surface area contributed by atoms with Crippen LogP contribution < -0.4 is 10.1 Å². The van der Waals surface area contributed by atoms with E-state index in [1.165, 1.54) is 11.8 Å². The van der Waals surface area contributed by atoms with E-state index in [1.807, 2.05) is 0 Å². The Hall–Kier alpha value is -2.32. The second kappa shape index (κ2) is 6.35. The first-order valence-corrected chi connectivity index (χ1v) is 8.83. The van der Waals surface area contributed by atoms with Crippen LogP contribution in [0.15, 0.2) is 17.8 Å². The quantitative estimate of drug-likeness (QED) is 0.763. The van der Waals surface area contributed by atoms with Crippen molar-refractivity contribution in [3.63, 3.8) is 0 Å². The number of carbonyl (C=O) groups excluding carboxylic acids is 1. The number of halogens is 5. The van der Waals surface area contributed by atoms with Crippen LogP contribution in [0.4, 0.5) is 22.0 Å². The standard InChI is InChI=1S/C19H21F5N2O2/c1-10-11(18(20,21)19(22,23)24)7-8-12-14(10)15(26-9-5-6-13(26)27)16(25-4)17(2,3)28-12/h7-8,25H,5-6,9H2,1-4H3. The normalized spacial score (nSPS) is 19.6. The molecule has 0 aromatic heterocycles. The van der Waals surface area contributed by atoms with Crippen LogP contribution in [0.3, 0.4) is 0 Å². The Morgan fingerprint density at radius 3 is 2.32 bits per heavy atom. The number of benzene rings is 1. The highest BCUT2D eigenvalue weighted by atomic mass is 19.4. The molecule has 1 N–H and O–H groups in total. The highest BCUT2D eigenvalue weighted by Gasteiger charge is 2.59. The van der Waals surface area contributed by atoms with E-state index in [4.69, 9.17) is 4.74 Å². The van der Waals surface area contributed by atoms with Gasteiger partial charge in [-0.25, -0.2) is 0 Å². The number of fused-ring (bicyclic) bond motifs is 1. The van der Waals surface area contributed by atoms with E-state index in [-0.39, 0.29) is 29.2 Å². The molecule has 2 aliphatic rings. The molecule has 0 spiro atoms. The first-order valence-electron chi connectivity index (χ1n) is 8.83. The van der Waals surface area contributed by atoms with Crippen LogP contribution in [0.1, 0.15) is 43.4 Å². The van der Waals surface area contributed by atoms with Gasteiger partial charge in [-0.2, -0.15) is 22.0 Å². The molecule has 4 nitrogen and oxygen atoms in total. The van der Waals surface area contributed by atoms with Gasteiger partial charge in [0.25, 0.3) is 0 Å². The lowest BCUT2D eigenvalue weighted by Gasteiger charge is -2.40. The minimum Gasteiger partial charge on any atom is -0.481 e.